The zero-order chi connectivity index (χ0) is 12.7. The van der Waals surface area contributed by atoms with Crippen LogP contribution in [0, 0.1) is 6.92 Å². The number of anilines is 2. The van der Waals surface area contributed by atoms with Crippen molar-refractivity contribution in [3.05, 3.63) is 11.9 Å². The predicted octanol–water partition coefficient (Wildman–Crippen LogP) is 3.14. The van der Waals surface area contributed by atoms with Gasteiger partial charge in [-0.3, -0.25) is 0 Å². The molecule has 0 aliphatic rings. The van der Waals surface area contributed by atoms with Crippen molar-refractivity contribution in [3.63, 3.8) is 0 Å². The Bertz CT molecular complexity index is 338. The highest BCUT2D eigenvalue weighted by Gasteiger charge is 2.10. The molecule has 0 fully saturated rings. The van der Waals surface area contributed by atoms with Gasteiger partial charge in [0, 0.05) is 11.6 Å². The number of rotatable bonds is 7. The quantitative estimate of drug-likeness (QED) is 0.763. The smallest absolute Gasteiger partial charge is 0.134 e. The third-order valence-electron chi connectivity index (χ3n) is 3.01. The minimum absolute atomic E-state index is 0.493. The average Bonchev–Trinajstić information content (AvgIpc) is 2.32. The van der Waals surface area contributed by atoms with E-state index in [9.17, 15) is 0 Å². The summed E-state index contributed by atoms with van der Waals surface area (Å²) in [6, 6.07) is 0.493. The minimum atomic E-state index is 0.493. The van der Waals surface area contributed by atoms with Gasteiger partial charge in [-0.2, -0.15) is 0 Å². The van der Waals surface area contributed by atoms with Crippen molar-refractivity contribution in [2.75, 3.05) is 11.1 Å². The summed E-state index contributed by atoms with van der Waals surface area (Å²) in [5, 5.41) is 3.49. The Balaban J connectivity index is 2.67. The molecule has 1 unspecified atom stereocenters. The first-order chi connectivity index (χ1) is 8.19. The zero-order valence-electron chi connectivity index (χ0n) is 11.2. The first-order valence-electron chi connectivity index (χ1n) is 6.52. The minimum Gasteiger partial charge on any atom is -0.383 e. The fourth-order valence-electron chi connectivity index (χ4n) is 1.89. The van der Waals surface area contributed by atoms with Gasteiger partial charge in [0.05, 0.1) is 0 Å². The molecule has 0 amide bonds. The summed E-state index contributed by atoms with van der Waals surface area (Å²) in [4.78, 5) is 8.25. The normalized spacial score (nSPS) is 12.4. The average molecular weight is 236 g/mol. The highest BCUT2D eigenvalue weighted by atomic mass is 15.1. The molecular weight excluding hydrogens is 212 g/mol. The van der Waals surface area contributed by atoms with E-state index in [0.29, 0.717) is 11.9 Å². The van der Waals surface area contributed by atoms with Crippen molar-refractivity contribution in [1.82, 2.24) is 9.97 Å². The van der Waals surface area contributed by atoms with Gasteiger partial charge < -0.3 is 11.1 Å². The number of unbranched alkanes of at least 4 members (excludes halogenated alkanes) is 1. The van der Waals surface area contributed by atoms with Gasteiger partial charge >= 0.3 is 0 Å². The van der Waals surface area contributed by atoms with E-state index in [1.54, 1.807) is 0 Å². The molecule has 0 aliphatic carbocycles. The molecule has 4 heteroatoms. The zero-order valence-corrected chi connectivity index (χ0v) is 11.2. The molecule has 0 radical (unpaired) electrons. The van der Waals surface area contributed by atoms with Crippen LogP contribution in [0.2, 0.25) is 0 Å². The van der Waals surface area contributed by atoms with E-state index in [4.69, 9.17) is 5.73 Å². The van der Waals surface area contributed by atoms with Gasteiger partial charge in [0.1, 0.15) is 18.0 Å². The van der Waals surface area contributed by atoms with E-state index >= 15 is 0 Å². The largest absolute Gasteiger partial charge is 0.383 e. The first kappa shape index (κ1) is 13.7. The molecule has 0 saturated carbocycles. The molecule has 3 N–H and O–H groups in total. The molecular formula is C13H24N4. The van der Waals surface area contributed by atoms with Crippen LogP contribution in [0.4, 0.5) is 11.6 Å². The summed E-state index contributed by atoms with van der Waals surface area (Å²) in [6.45, 7) is 6.39. The van der Waals surface area contributed by atoms with Crippen LogP contribution in [0.1, 0.15) is 51.5 Å². The van der Waals surface area contributed by atoms with Crippen LogP contribution in [0.25, 0.3) is 0 Å². The van der Waals surface area contributed by atoms with Gasteiger partial charge in [0.2, 0.25) is 0 Å². The molecule has 0 aromatic carbocycles. The molecule has 0 bridgehead atoms. The van der Waals surface area contributed by atoms with Crippen molar-refractivity contribution in [1.29, 1.82) is 0 Å². The van der Waals surface area contributed by atoms with E-state index < -0.39 is 0 Å². The van der Waals surface area contributed by atoms with Crippen LogP contribution in [0.15, 0.2) is 6.33 Å². The third-order valence-corrected chi connectivity index (χ3v) is 3.01. The fraction of sp³-hybridized carbons (Fsp3) is 0.692. The van der Waals surface area contributed by atoms with Gasteiger partial charge in [0.25, 0.3) is 0 Å². The lowest BCUT2D eigenvalue weighted by atomic mass is 10.0. The van der Waals surface area contributed by atoms with Crippen LogP contribution in [-0.4, -0.2) is 16.0 Å². The van der Waals surface area contributed by atoms with Crippen LogP contribution in [-0.2, 0) is 0 Å². The summed E-state index contributed by atoms with van der Waals surface area (Å²) in [5.41, 5.74) is 6.73. The van der Waals surface area contributed by atoms with Crippen molar-refractivity contribution in [3.8, 4) is 0 Å². The second kappa shape index (κ2) is 7.09. The van der Waals surface area contributed by atoms with Gasteiger partial charge in [0.15, 0.2) is 0 Å². The molecule has 0 spiro atoms. The molecule has 1 heterocycles. The van der Waals surface area contributed by atoms with Crippen molar-refractivity contribution in [2.24, 2.45) is 0 Å². The second-order valence-electron chi connectivity index (χ2n) is 4.50. The Morgan fingerprint density at radius 1 is 1.24 bits per heavy atom. The Kier molecular flexibility index (Phi) is 5.73. The third kappa shape index (κ3) is 4.21. The lowest BCUT2D eigenvalue weighted by Crippen LogP contribution is -2.21. The number of hydrogen-bond acceptors (Lipinski definition) is 4. The monoisotopic (exact) mass is 236 g/mol. The van der Waals surface area contributed by atoms with Crippen LogP contribution in [0.5, 0.6) is 0 Å². The van der Waals surface area contributed by atoms with Gasteiger partial charge in [-0.05, 0) is 19.8 Å². The number of nitrogens with two attached hydrogens (primary N) is 1. The van der Waals surface area contributed by atoms with Crippen LogP contribution in [0.3, 0.4) is 0 Å². The van der Waals surface area contributed by atoms with E-state index in [1.165, 1.54) is 38.4 Å². The standard InChI is InChI=1S/C13H24N4/c1-4-6-8-11(7-5-2)17-13-10(3)12(14)15-9-16-13/h9,11H,4-8H2,1-3H3,(H3,14,15,16,17). The summed E-state index contributed by atoms with van der Waals surface area (Å²) in [6.07, 6.45) is 7.54. The lowest BCUT2D eigenvalue weighted by molar-refractivity contribution is 0.562. The Labute approximate surface area is 104 Å². The summed E-state index contributed by atoms with van der Waals surface area (Å²) < 4.78 is 0. The van der Waals surface area contributed by atoms with Crippen molar-refractivity contribution < 1.29 is 0 Å². The molecule has 96 valence electrons. The number of nitrogens with zero attached hydrogens (tertiary/aromatic N) is 2. The Hall–Kier alpha value is -1.32. The second-order valence-corrected chi connectivity index (χ2v) is 4.50. The number of nitrogens with one attached hydrogen (secondary N) is 1. The van der Waals surface area contributed by atoms with E-state index in [-0.39, 0.29) is 0 Å². The Morgan fingerprint density at radius 2 is 2.00 bits per heavy atom. The molecule has 17 heavy (non-hydrogen) atoms. The lowest BCUT2D eigenvalue weighted by Gasteiger charge is -2.19. The molecule has 0 saturated heterocycles. The maximum absolute atomic E-state index is 5.78. The molecule has 0 aliphatic heterocycles. The van der Waals surface area contributed by atoms with Crippen molar-refractivity contribution >= 4 is 11.6 Å². The van der Waals surface area contributed by atoms with Gasteiger partial charge in [-0.25, -0.2) is 9.97 Å². The topological polar surface area (TPSA) is 63.8 Å². The van der Waals surface area contributed by atoms with Gasteiger partial charge in [-0.15, -0.1) is 0 Å². The first-order valence-corrected chi connectivity index (χ1v) is 6.52. The highest BCUT2D eigenvalue weighted by Crippen LogP contribution is 2.19. The fourth-order valence-corrected chi connectivity index (χ4v) is 1.89. The van der Waals surface area contributed by atoms with E-state index in [1.807, 2.05) is 6.92 Å². The van der Waals surface area contributed by atoms with Crippen LogP contribution < -0.4 is 11.1 Å². The highest BCUT2D eigenvalue weighted by molar-refractivity contribution is 5.54. The number of hydrogen-bond donors (Lipinski definition) is 2. The van der Waals surface area contributed by atoms with E-state index in [2.05, 4.69) is 29.1 Å². The summed E-state index contributed by atoms with van der Waals surface area (Å²) in [7, 11) is 0. The Morgan fingerprint density at radius 3 is 2.65 bits per heavy atom. The number of aromatic nitrogens is 2. The number of nitrogen functional groups attached to an aromatic ring is 1. The molecule has 1 aromatic rings. The van der Waals surface area contributed by atoms with Gasteiger partial charge in [-0.1, -0.05) is 33.1 Å². The summed E-state index contributed by atoms with van der Waals surface area (Å²) in [5.74, 6) is 1.44. The molecule has 1 atom stereocenters. The molecule has 1 rings (SSSR count). The SMILES string of the molecule is CCCCC(CCC)Nc1ncnc(N)c1C. The predicted molar refractivity (Wildman–Crippen MR) is 73.0 cm³/mol. The van der Waals surface area contributed by atoms with E-state index in [0.717, 1.165) is 11.4 Å². The maximum Gasteiger partial charge on any atom is 0.134 e. The van der Waals surface area contributed by atoms with Crippen LogP contribution >= 0.6 is 0 Å². The van der Waals surface area contributed by atoms with Crippen molar-refractivity contribution in [2.45, 2.75) is 58.9 Å². The maximum atomic E-state index is 5.78. The molecule has 4 nitrogen and oxygen atoms in total. The summed E-state index contributed by atoms with van der Waals surface area (Å²) >= 11 is 0. The molecule has 1 aromatic heterocycles.